The van der Waals surface area contributed by atoms with E-state index in [1.165, 1.54) is 6.42 Å². The molecule has 1 saturated carbocycles. The van der Waals surface area contributed by atoms with Crippen LogP contribution in [0, 0.1) is 0 Å². The van der Waals surface area contributed by atoms with Gasteiger partial charge in [0.2, 0.25) is 0 Å². The van der Waals surface area contributed by atoms with Crippen molar-refractivity contribution in [2.24, 2.45) is 0 Å². The van der Waals surface area contributed by atoms with Crippen LogP contribution in [-0.4, -0.2) is 51.5 Å². The van der Waals surface area contributed by atoms with Crippen LogP contribution < -0.4 is 5.32 Å². The highest BCUT2D eigenvalue weighted by molar-refractivity contribution is 5.99. The maximum atomic E-state index is 12.6. The summed E-state index contributed by atoms with van der Waals surface area (Å²) in [6.45, 7) is 0.544. The van der Waals surface area contributed by atoms with Gasteiger partial charge in [-0.05, 0) is 37.8 Å². The van der Waals surface area contributed by atoms with Crippen LogP contribution in [0.4, 0.5) is 0 Å². The Hall–Kier alpha value is -1.79. The second kappa shape index (κ2) is 7.85. The van der Waals surface area contributed by atoms with Gasteiger partial charge in [-0.15, -0.1) is 0 Å². The highest BCUT2D eigenvalue weighted by Gasteiger charge is 2.38. The van der Waals surface area contributed by atoms with Gasteiger partial charge in [0.15, 0.2) is 12.0 Å². The summed E-state index contributed by atoms with van der Waals surface area (Å²) in [5.74, 6) is -0.514. The van der Waals surface area contributed by atoms with Crippen LogP contribution in [0.5, 0.6) is 0 Å². The third-order valence-electron chi connectivity index (χ3n) is 5.01. The number of rotatable bonds is 5. The molecule has 3 rings (SSSR count). The molecule has 1 aromatic rings. The maximum absolute atomic E-state index is 12.6. The number of carbonyl (C=O) groups excluding carboxylic acids is 2. The minimum atomic E-state index is -1.27. The van der Waals surface area contributed by atoms with Crippen molar-refractivity contribution < 1.29 is 14.7 Å². The molecule has 2 fully saturated rings. The highest BCUT2D eigenvalue weighted by Crippen LogP contribution is 2.23. The van der Waals surface area contributed by atoms with E-state index in [1.54, 1.807) is 29.3 Å². The van der Waals surface area contributed by atoms with Gasteiger partial charge in [-0.2, -0.15) is 0 Å². The fourth-order valence-electron chi connectivity index (χ4n) is 3.72. The Morgan fingerprint density at radius 3 is 2.67 bits per heavy atom. The second-order valence-electron chi connectivity index (χ2n) is 6.69. The van der Waals surface area contributed by atoms with Crippen LogP contribution in [0.3, 0.4) is 0 Å². The van der Waals surface area contributed by atoms with Gasteiger partial charge >= 0.3 is 0 Å². The molecule has 24 heavy (non-hydrogen) atoms. The van der Waals surface area contributed by atoms with Crippen molar-refractivity contribution in [3.8, 4) is 0 Å². The molecule has 1 saturated heterocycles. The van der Waals surface area contributed by atoms with Crippen molar-refractivity contribution in [3.63, 3.8) is 0 Å². The van der Waals surface area contributed by atoms with Crippen molar-refractivity contribution in [2.45, 2.75) is 63.3 Å². The van der Waals surface area contributed by atoms with E-state index in [1.807, 2.05) is 0 Å². The van der Waals surface area contributed by atoms with E-state index in [0.29, 0.717) is 18.7 Å². The zero-order valence-corrected chi connectivity index (χ0v) is 13.9. The summed E-state index contributed by atoms with van der Waals surface area (Å²) >= 11 is 0. The number of aliphatic hydroxyl groups is 1. The van der Waals surface area contributed by atoms with Crippen LogP contribution in [-0.2, 0) is 4.79 Å². The molecule has 0 spiro atoms. The quantitative estimate of drug-likeness (QED) is 0.799. The molecular weight excluding hydrogens is 306 g/mol. The number of aromatic nitrogens is 1. The molecule has 1 aliphatic carbocycles. The number of pyridine rings is 1. The average molecular weight is 331 g/mol. The Kier molecular flexibility index (Phi) is 5.58. The second-order valence-corrected chi connectivity index (χ2v) is 6.69. The number of likely N-dealkylation sites (tertiary alicyclic amines) is 1. The van der Waals surface area contributed by atoms with Crippen molar-refractivity contribution in [1.82, 2.24) is 15.2 Å². The minimum absolute atomic E-state index is 0.127. The molecule has 1 aliphatic heterocycles. The van der Waals surface area contributed by atoms with Gasteiger partial charge in [-0.1, -0.05) is 25.3 Å². The number of hydrogen-bond donors (Lipinski definition) is 2. The molecule has 0 radical (unpaired) electrons. The molecule has 6 heteroatoms. The fourth-order valence-corrected chi connectivity index (χ4v) is 3.72. The lowest BCUT2D eigenvalue weighted by Gasteiger charge is -2.30. The number of hydrogen-bond acceptors (Lipinski definition) is 5. The fraction of sp³-hybridized carbons (Fsp3) is 0.611. The van der Waals surface area contributed by atoms with Gasteiger partial charge in [0.05, 0.1) is 6.04 Å². The van der Waals surface area contributed by atoms with Gasteiger partial charge in [0.1, 0.15) is 5.69 Å². The van der Waals surface area contributed by atoms with E-state index in [0.717, 1.165) is 32.1 Å². The number of nitrogens with one attached hydrogen (secondary N) is 1. The summed E-state index contributed by atoms with van der Waals surface area (Å²) in [5.41, 5.74) is 0.384. The topological polar surface area (TPSA) is 82.5 Å². The van der Waals surface area contributed by atoms with Crippen molar-refractivity contribution >= 4 is 11.7 Å². The molecule has 1 aromatic heterocycles. The summed E-state index contributed by atoms with van der Waals surface area (Å²) < 4.78 is 0. The molecule has 130 valence electrons. The van der Waals surface area contributed by atoms with Crippen LogP contribution in [0.25, 0.3) is 0 Å². The number of amides is 1. The lowest BCUT2D eigenvalue weighted by Crippen LogP contribution is -2.53. The zero-order valence-electron chi connectivity index (χ0n) is 13.9. The predicted octanol–water partition coefficient (Wildman–Crippen LogP) is 1.50. The van der Waals surface area contributed by atoms with Crippen LogP contribution in [0.1, 0.15) is 55.4 Å². The molecule has 1 amide bonds. The predicted molar refractivity (Wildman–Crippen MR) is 89.3 cm³/mol. The number of ketones is 1. The van der Waals surface area contributed by atoms with Gasteiger partial charge < -0.3 is 10.4 Å². The lowest BCUT2D eigenvalue weighted by molar-refractivity contribution is -0.140. The average Bonchev–Trinajstić information content (AvgIpc) is 3.11. The van der Waals surface area contributed by atoms with Crippen LogP contribution in [0.2, 0.25) is 0 Å². The Labute approximate surface area is 142 Å². The van der Waals surface area contributed by atoms with E-state index in [-0.39, 0.29) is 17.7 Å². The maximum Gasteiger partial charge on any atom is 0.264 e. The number of nitrogens with zero attached hydrogens (tertiary/aromatic N) is 2. The molecule has 2 aliphatic rings. The number of Topliss-reactive ketones (excluding diaryl/α,β-unsaturated/α-hetero) is 1. The highest BCUT2D eigenvalue weighted by atomic mass is 16.3. The van der Waals surface area contributed by atoms with Gasteiger partial charge in [0.25, 0.3) is 5.91 Å². The molecular formula is C18H25N3O3. The van der Waals surface area contributed by atoms with Crippen molar-refractivity contribution in [3.05, 3.63) is 30.1 Å². The molecule has 6 nitrogen and oxygen atoms in total. The van der Waals surface area contributed by atoms with Crippen LogP contribution >= 0.6 is 0 Å². The standard InChI is InChI=1S/C18H25N3O3/c22-16(14-9-4-5-11-19-14)15-10-6-12-21(15)18(24)17(23)20-13-7-2-1-3-8-13/h4-5,9,11,13,15,18,24H,1-3,6-8,10,12H2,(H,20,23). The Bertz CT molecular complexity index is 572. The first-order chi connectivity index (χ1) is 11.7. The summed E-state index contributed by atoms with van der Waals surface area (Å²) in [6, 6.07) is 4.87. The van der Waals surface area contributed by atoms with E-state index in [4.69, 9.17) is 0 Å². The molecule has 0 aromatic carbocycles. The first-order valence-corrected chi connectivity index (χ1v) is 8.86. The van der Waals surface area contributed by atoms with E-state index in [2.05, 4.69) is 10.3 Å². The first-order valence-electron chi connectivity index (χ1n) is 8.86. The summed E-state index contributed by atoms with van der Waals surface area (Å²) in [5, 5.41) is 13.4. The lowest BCUT2D eigenvalue weighted by atomic mass is 9.95. The third kappa shape index (κ3) is 3.82. The smallest absolute Gasteiger partial charge is 0.264 e. The van der Waals surface area contributed by atoms with E-state index < -0.39 is 12.3 Å². The Balaban J connectivity index is 1.63. The normalized spacial score (nSPS) is 23.8. The van der Waals surface area contributed by atoms with Gasteiger partial charge in [0, 0.05) is 18.8 Å². The third-order valence-corrected chi connectivity index (χ3v) is 5.01. The number of aliphatic hydroxyl groups excluding tert-OH is 1. The summed E-state index contributed by atoms with van der Waals surface area (Å²) in [7, 11) is 0. The minimum Gasteiger partial charge on any atom is -0.370 e. The molecule has 2 atom stereocenters. The summed E-state index contributed by atoms with van der Waals surface area (Å²) in [6.07, 6.45) is 7.12. The zero-order chi connectivity index (χ0) is 16.9. The molecule has 2 N–H and O–H groups in total. The van der Waals surface area contributed by atoms with E-state index >= 15 is 0 Å². The largest absolute Gasteiger partial charge is 0.370 e. The monoisotopic (exact) mass is 331 g/mol. The van der Waals surface area contributed by atoms with E-state index in [9.17, 15) is 14.7 Å². The SMILES string of the molecule is O=C(NC1CCCCC1)C(O)N1CCCC1C(=O)c1ccccn1. The van der Waals surface area contributed by atoms with Crippen LogP contribution in [0.15, 0.2) is 24.4 Å². The summed E-state index contributed by atoms with van der Waals surface area (Å²) in [4.78, 5) is 30.7. The molecule has 0 bridgehead atoms. The van der Waals surface area contributed by atoms with Gasteiger partial charge in [-0.3, -0.25) is 19.5 Å². The van der Waals surface area contributed by atoms with Gasteiger partial charge in [-0.25, -0.2) is 0 Å². The Morgan fingerprint density at radius 2 is 1.96 bits per heavy atom. The van der Waals surface area contributed by atoms with Crippen molar-refractivity contribution in [1.29, 1.82) is 0 Å². The number of carbonyl (C=O) groups is 2. The van der Waals surface area contributed by atoms with Crippen molar-refractivity contribution in [2.75, 3.05) is 6.54 Å². The first kappa shape index (κ1) is 17.0. The Morgan fingerprint density at radius 1 is 1.17 bits per heavy atom. The molecule has 2 heterocycles. The molecule has 2 unspecified atom stereocenters.